The van der Waals surface area contributed by atoms with E-state index < -0.39 is 0 Å². The number of rotatable bonds is 8. The number of aromatic nitrogens is 2. The quantitative estimate of drug-likeness (QED) is 0.682. The summed E-state index contributed by atoms with van der Waals surface area (Å²) in [6, 6.07) is 2.02. The molecule has 1 aliphatic carbocycles. The van der Waals surface area contributed by atoms with Gasteiger partial charge in [0.2, 0.25) is 5.95 Å². The number of ether oxygens (including phenoxy) is 1. The minimum Gasteiger partial charge on any atom is -0.394 e. The Morgan fingerprint density at radius 3 is 2.74 bits per heavy atom. The summed E-state index contributed by atoms with van der Waals surface area (Å²) in [5.74, 6) is 2.34. The fraction of sp³-hybridized carbons (Fsp3) is 0.765. The van der Waals surface area contributed by atoms with Gasteiger partial charge in [-0.05, 0) is 31.6 Å². The van der Waals surface area contributed by atoms with Gasteiger partial charge in [-0.15, -0.1) is 0 Å². The van der Waals surface area contributed by atoms with Crippen LogP contribution in [0.1, 0.15) is 51.1 Å². The third kappa shape index (κ3) is 4.54. The summed E-state index contributed by atoms with van der Waals surface area (Å²) >= 11 is 0. The average Bonchev–Trinajstić information content (AvgIpc) is 3.27. The maximum Gasteiger partial charge on any atom is 0.225 e. The standard InChI is InChI=1S/C17H28N4O2/c1-11(2)15(10-22)20-17-19-14(12-5-6-12)8-16(21-17)18-9-13-4-3-7-23-13/h8,11-13,15,22H,3-7,9-10H2,1-2H3,(H2,18,19,20,21)/t13-,15+/m1/s1. The Kier molecular flexibility index (Phi) is 5.33. The molecular formula is C17H28N4O2. The molecule has 1 saturated carbocycles. The Labute approximate surface area is 138 Å². The molecule has 1 aliphatic heterocycles. The van der Waals surface area contributed by atoms with E-state index in [2.05, 4.69) is 40.5 Å². The second kappa shape index (κ2) is 7.45. The first-order chi connectivity index (χ1) is 11.2. The van der Waals surface area contributed by atoms with Gasteiger partial charge in [0.25, 0.3) is 0 Å². The van der Waals surface area contributed by atoms with Gasteiger partial charge >= 0.3 is 0 Å². The smallest absolute Gasteiger partial charge is 0.225 e. The van der Waals surface area contributed by atoms with Crippen LogP contribution in [0.2, 0.25) is 0 Å². The molecule has 128 valence electrons. The highest BCUT2D eigenvalue weighted by molar-refractivity contribution is 5.44. The lowest BCUT2D eigenvalue weighted by Crippen LogP contribution is -2.30. The van der Waals surface area contributed by atoms with Crippen LogP contribution in [-0.2, 0) is 4.74 Å². The number of hydrogen-bond donors (Lipinski definition) is 3. The third-order valence-corrected chi connectivity index (χ3v) is 4.59. The van der Waals surface area contributed by atoms with E-state index in [0.717, 1.165) is 37.5 Å². The van der Waals surface area contributed by atoms with Crippen molar-refractivity contribution in [3.63, 3.8) is 0 Å². The van der Waals surface area contributed by atoms with Crippen LogP contribution in [0.15, 0.2) is 6.07 Å². The molecule has 2 atom stereocenters. The normalized spacial score (nSPS) is 22.3. The van der Waals surface area contributed by atoms with Crippen LogP contribution in [0.3, 0.4) is 0 Å². The summed E-state index contributed by atoms with van der Waals surface area (Å²) in [6.07, 6.45) is 4.94. The first kappa shape index (κ1) is 16.5. The summed E-state index contributed by atoms with van der Waals surface area (Å²) in [5.41, 5.74) is 1.10. The van der Waals surface area contributed by atoms with Gasteiger partial charge in [-0.1, -0.05) is 13.8 Å². The zero-order valence-electron chi connectivity index (χ0n) is 14.1. The van der Waals surface area contributed by atoms with E-state index in [1.807, 2.05) is 0 Å². The molecule has 0 bridgehead atoms. The first-order valence-corrected chi connectivity index (χ1v) is 8.77. The van der Waals surface area contributed by atoms with Crippen LogP contribution in [-0.4, -0.2) is 47.0 Å². The molecule has 3 N–H and O–H groups in total. The third-order valence-electron chi connectivity index (χ3n) is 4.59. The summed E-state index contributed by atoms with van der Waals surface area (Å²) in [6.45, 7) is 5.88. The second-order valence-corrected chi connectivity index (χ2v) is 6.97. The Morgan fingerprint density at radius 1 is 1.30 bits per heavy atom. The lowest BCUT2D eigenvalue weighted by molar-refractivity contribution is 0.120. The molecule has 2 heterocycles. The molecule has 2 aliphatic rings. The van der Waals surface area contributed by atoms with Gasteiger partial charge in [-0.25, -0.2) is 4.98 Å². The highest BCUT2D eigenvalue weighted by atomic mass is 16.5. The molecule has 2 fully saturated rings. The molecule has 1 saturated heterocycles. The number of nitrogens with one attached hydrogen (secondary N) is 2. The Balaban J connectivity index is 1.70. The molecule has 1 aromatic rings. The number of aliphatic hydroxyl groups is 1. The van der Waals surface area contributed by atoms with Crippen LogP contribution >= 0.6 is 0 Å². The fourth-order valence-electron chi connectivity index (χ4n) is 2.82. The van der Waals surface area contributed by atoms with Gasteiger partial charge in [0, 0.05) is 25.1 Å². The predicted molar refractivity (Wildman–Crippen MR) is 90.8 cm³/mol. The van der Waals surface area contributed by atoms with E-state index in [0.29, 0.717) is 17.8 Å². The summed E-state index contributed by atoms with van der Waals surface area (Å²) in [7, 11) is 0. The number of nitrogens with zero attached hydrogens (tertiary/aromatic N) is 2. The minimum absolute atomic E-state index is 0.0320. The van der Waals surface area contributed by atoms with Crippen molar-refractivity contribution in [2.75, 3.05) is 30.4 Å². The molecule has 1 aromatic heterocycles. The van der Waals surface area contributed by atoms with Crippen molar-refractivity contribution in [2.45, 2.75) is 57.6 Å². The topological polar surface area (TPSA) is 79.3 Å². The Hall–Kier alpha value is -1.40. The van der Waals surface area contributed by atoms with E-state index in [1.165, 1.54) is 12.8 Å². The molecule has 0 amide bonds. The molecule has 3 rings (SSSR count). The van der Waals surface area contributed by atoms with Crippen LogP contribution in [0.5, 0.6) is 0 Å². The lowest BCUT2D eigenvalue weighted by atomic mass is 10.1. The number of hydrogen-bond acceptors (Lipinski definition) is 6. The molecule has 0 radical (unpaired) electrons. The van der Waals surface area contributed by atoms with Crippen molar-refractivity contribution in [1.82, 2.24) is 9.97 Å². The second-order valence-electron chi connectivity index (χ2n) is 6.97. The number of anilines is 2. The van der Waals surface area contributed by atoms with Crippen LogP contribution in [0.25, 0.3) is 0 Å². The molecule has 6 heteroatoms. The molecular weight excluding hydrogens is 292 g/mol. The van der Waals surface area contributed by atoms with Crippen LogP contribution in [0, 0.1) is 5.92 Å². The monoisotopic (exact) mass is 320 g/mol. The fourth-order valence-corrected chi connectivity index (χ4v) is 2.82. The van der Waals surface area contributed by atoms with Gasteiger partial charge in [-0.2, -0.15) is 4.98 Å². The highest BCUT2D eigenvalue weighted by Gasteiger charge is 2.27. The minimum atomic E-state index is -0.0320. The van der Waals surface area contributed by atoms with Crippen molar-refractivity contribution in [3.05, 3.63) is 11.8 Å². The predicted octanol–water partition coefficient (Wildman–Crippen LogP) is 2.37. The zero-order chi connectivity index (χ0) is 16.2. The van der Waals surface area contributed by atoms with Crippen LogP contribution in [0.4, 0.5) is 11.8 Å². The summed E-state index contributed by atoms with van der Waals surface area (Å²) in [5, 5.41) is 16.2. The molecule has 0 aromatic carbocycles. The van der Waals surface area contributed by atoms with E-state index in [1.54, 1.807) is 0 Å². The average molecular weight is 320 g/mol. The summed E-state index contributed by atoms with van der Waals surface area (Å²) in [4.78, 5) is 9.22. The van der Waals surface area contributed by atoms with Gasteiger partial charge in [0.1, 0.15) is 5.82 Å². The maximum absolute atomic E-state index is 9.51. The van der Waals surface area contributed by atoms with Crippen molar-refractivity contribution >= 4 is 11.8 Å². The lowest BCUT2D eigenvalue weighted by Gasteiger charge is -2.21. The number of aliphatic hydroxyl groups excluding tert-OH is 1. The highest BCUT2D eigenvalue weighted by Crippen LogP contribution is 2.40. The van der Waals surface area contributed by atoms with Gasteiger partial charge < -0.3 is 20.5 Å². The van der Waals surface area contributed by atoms with Crippen molar-refractivity contribution < 1.29 is 9.84 Å². The maximum atomic E-state index is 9.51. The van der Waals surface area contributed by atoms with E-state index in [4.69, 9.17) is 4.74 Å². The van der Waals surface area contributed by atoms with E-state index in [-0.39, 0.29) is 18.8 Å². The Bertz CT molecular complexity index is 513. The van der Waals surface area contributed by atoms with Crippen molar-refractivity contribution in [1.29, 1.82) is 0 Å². The van der Waals surface area contributed by atoms with Gasteiger partial charge in [0.15, 0.2) is 0 Å². The largest absolute Gasteiger partial charge is 0.394 e. The van der Waals surface area contributed by atoms with Gasteiger partial charge in [0.05, 0.1) is 24.4 Å². The van der Waals surface area contributed by atoms with E-state index >= 15 is 0 Å². The SMILES string of the molecule is CC(C)[C@H](CO)Nc1nc(NC[C@H]2CCCO2)cc(C2CC2)n1. The van der Waals surface area contributed by atoms with Gasteiger partial charge in [-0.3, -0.25) is 0 Å². The molecule has 6 nitrogen and oxygen atoms in total. The molecule has 0 spiro atoms. The zero-order valence-corrected chi connectivity index (χ0v) is 14.1. The van der Waals surface area contributed by atoms with Crippen LogP contribution < -0.4 is 10.6 Å². The van der Waals surface area contributed by atoms with E-state index in [9.17, 15) is 5.11 Å². The molecule has 0 unspecified atom stereocenters. The first-order valence-electron chi connectivity index (χ1n) is 8.77. The van der Waals surface area contributed by atoms with Crippen molar-refractivity contribution in [2.24, 2.45) is 5.92 Å². The summed E-state index contributed by atoms with van der Waals surface area (Å²) < 4.78 is 5.65. The Morgan fingerprint density at radius 2 is 2.13 bits per heavy atom. The molecule has 23 heavy (non-hydrogen) atoms. The van der Waals surface area contributed by atoms with Crippen molar-refractivity contribution in [3.8, 4) is 0 Å².